The fraction of sp³-hybridized carbons (Fsp3) is 0.368. The zero-order chi connectivity index (χ0) is 20.8. The lowest BCUT2D eigenvalue weighted by Crippen LogP contribution is -2.52. The smallest absolute Gasteiger partial charge is 0.407 e. The molecule has 1 fully saturated rings. The molecule has 0 spiro atoms. The van der Waals surface area contributed by atoms with Gasteiger partial charge in [0, 0.05) is 25.7 Å². The second-order valence-electron chi connectivity index (χ2n) is 6.96. The summed E-state index contributed by atoms with van der Waals surface area (Å²) < 4.78 is 13.0. The van der Waals surface area contributed by atoms with E-state index in [0.717, 1.165) is 5.56 Å². The molecular formula is C19H23FN6O2S. The Bertz CT molecular complexity index is 866. The molecule has 1 amide bonds. The van der Waals surface area contributed by atoms with Gasteiger partial charge >= 0.3 is 6.09 Å². The molecule has 1 aromatic heterocycles. The Morgan fingerprint density at radius 3 is 2.83 bits per heavy atom. The number of aromatic nitrogens is 2. The van der Waals surface area contributed by atoms with Crippen molar-refractivity contribution in [3.05, 3.63) is 48.2 Å². The Labute approximate surface area is 173 Å². The Morgan fingerprint density at radius 2 is 2.14 bits per heavy atom. The first-order valence-corrected chi connectivity index (χ1v) is 9.67. The van der Waals surface area contributed by atoms with E-state index >= 15 is 0 Å². The number of amides is 1. The molecule has 4 N–H and O–H groups in total. The van der Waals surface area contributed by atoms with E-state index in [9.17, 15) is 9.18 Å². The van der Waals surface area contributed by atoms with Crippen molar-refractivity contribution in [1.29, 1.82) is 0 Å². The first kappa shape index (κ1) is 20.7. The van der Waals surface area contributed by atoms with Crippen molar-refractivity contribution in [1.82, 2.24) is 20.2 Å². The van der Waals surface area contributed by atoms with Crippen molar-refractivity contribution in [3.8, 4) is 0 Å². The number of anilines is 2. The monoisotopic (exact) mass is 418 g/mol. The number of carbonyl (C=O) groups is 1. The zero-order valence-corrected chi connectivity index (χ0v) is 16.7. The molecule has 1 saturated heterocycles. The Hall–Kier alpha value is -3.01. The highest BCUT2D eigenvalue weighted by Crippen LogP contribution is 2.20. The molecule has 0 saturated carbocycles. The van der Waals surface area contributed by atoms with E-state index in [0.29, 0.717) is 42.7 Å². The number of thiocarbonyl (C=S) groups is 1. The minimum absolute atomic E-state index is 0.0749. The summed E-state index contributed by atoms with van der Waals surface area (Å²) in [7, 11) is 0. The lowest BCUT2D eigenvalue weighted by molar-refractivity contribution is 0.114. The van der Waals surface area contributed by atoms with Gasteiger partial charge in [0.05, 0.1) is 6.20 Å². The van der Waals surface area contributed by atoms with E-state index in [4.69, 9.17) is 17.3 Å². The highest BCUT2D eigenvalue weighted by atomic mass is 32.1. The standard InChI is InChI=1S/C19H23FN6O2S/c1-12-10-26(19(27)28)7-6-15(12)24-18(29)25-16-9-21-11-23-17(16)22-8-13-2-4-14(20)5-3-13/h2-5,9,11-12,15H,6-8,10H2,1H3,(H,27,28)(H,21,22,23)(H2,24,25,29)/t12-,15+/m0/s1. The summed E-state index contributed by atoms with van der Waals surface area (Å²) >= 11 is 5.43. The van der Waals surface area contributed by atoms with E-state index in [2.05, 4.69) is 25.9 Å². The topological polar surface area (TPSA) is 102 Å². The molecule has 0 bridgehead atoms. The third-order valence-electron chi connectivity index (χ3n) is 4.83. The summed E-state index contributed by atoms with van der Waals surface area (Å²) in [4.78, 5) is 20.8. The average molecular weight is 418 g/mol. The average Bonchev–Trinajstić information content (AvgIpc) is 2.70. The van der Waals surface area contributed by atoms with Crippen molar-refractivity contribution < 1.29 is 14.3 Å². The van der Waals surface area contributed by atoms with Gasteiger partial charge < -0.3 is 26.0 Å². The normalized spacial score (nSPS) is 18.8. The van der Waals surface area contributed by atoms with Gasteiger partial charge in [0.15, 0.2) is 10.9 Å². The van der Waals surface area contributed by atoms with Gasteiger partial charge in [-0.05, 0) is 42.3 Å². The number of rotatable bonds is 5. The molecule has 3 rings (SSSR count). The van der Waals surface area contributed by atoms with Crippen LogP contribution in [0.1, 0.15) is 18.9 Å². The van der Waals surface area contributed by atoms with Crippen LogP contribution >= 0.6 is 12.2 Å². The summed E-state index contributed by atoms with van der Waals surface area (Å²) in [6.07, 6.45) is 2.83. The van der Waals surface area contributed by atoms with Gasteiger partial charge in [-0.15, -0.1) is 0 Å². The van der Waals surface area contributed by atoms with Crippen LogP contribution in [0.25, 0.3) is 0 Å². The molecule has 0 radical (unpaired) electrons. The van der Waals surface area contributed by atoms with Crippen LogP contribution in [-0.4, -0.2) is 50.3 Å². The first-order chi connectivity index (χ1) is 13.9. The molecule has 1 aliphatic heterocycles. The Balaban J connectivity index is 1.56. The molecule has 1 aromatic carbocycles. The van der Waals surface area contributed by atoms with E-state index in [1.807, 2.05) is 6.92 Å². The van der Waals surface area contributed by atoms with E-state index in [-0.39, 0.29) is 17.8 Å². The highest BCUT2D eigenvalue weighted by molar-refractivity contribution is 7.80. The Morgan fingerprint density at radius 1 is 1.38 bits per heavy atom. The van der Waals surface area contributed by atoms with Gasteiger partial charge in [-0.25, -0.2) is 19.2 Å². The molecule has 2 atom stereocenters. The van der Waals surface area contributed by atoms with Crippen LogP contribution in [0.15, 0.2) is 36.8 Å². The number of halogens is 1. The van der Waals surface area contributed by atoms with Crippen LogP contribution in [0.2, 0.25) is 0 Å². The quantitative estimate of drug-likeness (QED) is 0.550. The molecule has 154 valence electrons. The maximum atomic E-state index is 13.0. The second kappa shape index (κ2) is 9.46. The van der Waals surface area contributed by atoms with Crippen LogP contribution in [0.3, 0.4) is 0 Å². The highest BCUT2D eigenvalue weighted by Gasteiger charge is 2.28. The third kappa shape index (κ3) is 5.74. The van der Waals surface area contributed by atoms with Crippen molar-refractivity contribution in [2.45, 2.75) is 25.9 Å². The van der Waals surface area contributed by atoms with Crippen LogP contribution in [0.4, 0.5) is 20.7 Å². The number of likely N-dealkylation sites (tertiary alicyclic amines) is 1. The second-order valence-corrected chi connectivity index (χ2v) is 7.37. The van der Waals surface area contributed by atoms with Crippen LogP contribution in [0, 0.1) is 11.7 Å². The predicted molar refractivity (Wildman–Crippen MR) is 112 cm³/mol. The number of carboxylic acid groups (broad SMARTS) is 1. The van der Waals surface area contributed by atoms with Crippen molar-refractivity contribution in [2.24, 2.45) is 5.92 Å². The van der Waals surface area contributed by atoms with Gasteiger partial charge in [0.1, 0.15) is 17.8 Å². The van der Waals surface area contributed by atoms with Crippen molar-refractivity contribution in [3.63, 3.8) is 0 Å². The van der Waals surface area contributed by atoms with E-state index in [1.165, 1.54) is 23.4 Å². The van der Waals surface area contributed by atoms with Gasteiger partial charge in [0.2, 0.25) is 0 Å². The number of hydrogen-bond acceptors (Lipinski definition) is 5. The number of nitrogens with zero attached hydrogens (tertiary/aromatic N) is 3. The van der Waals surface area contributed by atoms with Gasteiger partial charge in [-0.3, -0.25) is 0 Å². The lowest BCUT2D eigenvalue weighted by atomic mass is 9.94. The first-order valence-electron chi connectivity index (χ1n) is 9.26. The lowest BCUT2D eigenvalue weighted by Gasteiger charge is -2.36. The van der Waals surface area contributed by atoms with Crippen LogP contribution < -0.4 is 16.0 Å². The number of benzene rings is 1. The molecule has 8 nitrogen and oxygen atoms in total. The number of piperidine rings is 1. The molecule has 2 heterocycles. The summed E-state index contributed by atoms with van der Waals surface area (Å²) in [5.41, 5.74) is 1.53. The van der Waals surface area contributed by atoms with E-state index < -0.39 is 6.09 Å². The minimum Gasteiger partial charge on any atom is -0.465 e. The number of hydrogen-bond donors (Lipinski definition) is 4. The third-order valence-corrected chi connectivity index (χ3v) is 5.05. The molecule has 2 aromatic rings. The minimum atomic E-state index is -0.894. The molecule has 0 unspecified atom stereocenters. The molecule has 1 aliphatic rings. The largest absolute Gasteiger partial charge is 0.465 e. The zero-order valence-electron chi connectivity index (χ0n) is 15.9. The summed E-state index contributed by atoms with van der Waals surface area (Å²) in [5.74, 6) is 0.419. The maximum Gasteiger partial charge on any atom is 0.407 e. The fourth-order valence-electron chi connectivity index (χ4n) is 3.21. The van der Waals surface area contributed by atoms with Gasteiger partial charge in [-0.1, -0.05) is 19.1 Å². The fourth-order valence-corrected chi connectivity index (χ4v) is 3.47. The van der Waals surface area contributed by atoms with Crippen LogP contribution in [-0.2, 0) is 6.54 Å². The molecule has 0 aliphatic carbocycles. The van der Waals surface area contributed by atoms with Crippen molar-refractivity contribution in [2.75, 3.05) is 23.7 Å². The Kier molecular flexibility index (Phi) is 6.76. The predicted octanol–water partition coefficient (Wildman–Crippen LogP) is 2.90. The maximum absolute atomic E-state index is 13.0. The molecule has 29 heavy (non-hydrogen) atoms. The molecular weight excluding hydrogens is 395 g/mol. The van der Waals surface area contributed by atoms with Crippen LogP contribution in [0.5, 0.6) is 0 Å². The molecule has 10 heteroatoms. The summed E-state index contributed by atoms with van der Waals surface area (Å²) in [6.45, 7) is 3.40. The van der Waals surface area contributed by atoms with Crippen molar-refractivity contribution >= 4 is 34.9 Å². The summed E-state index contributed by atoms with van der Waals surface area (Å²) in [6, 6.07) is 6.30. The number of nitrogens with one attached hydrogen (secondary N) is 3. The van der Waals surface area contributed by atoms with Gasteiger partial charge in [0.25, 0.3) is 0 Å². The summed E-state index contributed by atoms with van der Waals surface area (Å²) in [5, 5.41) is 19.1. The van der Waals surface area contributed by atoms with Gasteiger partial charge in [-0.2, -0.15) is 0 Å². The van der Waals surface area contributed by atoms with E-state index in [1.54, 1.807) is 18.3 Å². The SMILES string of the molecule is C[C@H]1CN(C(=O)O)CC[C@H]1NC(=S)Nc1cncnc1NCc1ccc(F)cc1.